The van der Waals surface area contributed by atoms with Crippen molar-refractivity contribution in [2.24, 2.45) is 0 Å². The van der Waals surface area contributed by atoms with Gasteiger partial charge in [0, 0.05) is 0 Å². The molecule has 0 radical (unpaired) electrons. The molecule has 0 saturated heterocycles. The number of nitro groups is 1. The molecule has 0 aliphatic carbocycles. The highest BCUT2D eigenvalue weighted by Crippen LogP contribution is 2.33. The van der Waals surface area contributed by atoms with Crippen molar-refractivity contribution in [3.8, 4) is 11.6 Å². The number of hydrogen-bond acceptors (Lipinski definition) is 10. The Balaban J connectivity index is 1.80. The molecule has 0 unspecified atom stereocenters. The Bertz CT molecular complexity index is 1030. The van der Waals surface area contributed by atoms with Crippen LogP contribution in [0.5, 0.6) is 11.6 Å². The fourth-order valence-electron chi connectivity index (χ4n) is 2.17. The highest BCUT2D eigenvalue weighted by atomic mass is 16.6. The average molecular weight is 399 g/mol. The molecule has 1 amide bonds. The molecule has 2 N–H and O–H groups in total. The molecule has 148 valence electrons. The summed E-state index contributed by atoms with van der Waals surface area (Å²) in [5.41, 5.74) is 4.25. The van der Waals surface area contributed by atoms with Crippen molar-refractivity contribution in [1.29, 1.82) is 0 Å². The number of amides is 1. The van der Waals surface area contributed by atoms with Crippen LogP contribution in [0.2, 0.25) is 0 Å². The minimum absolute atomic E-state index is 0.00335. The molecule has 0 spiro atoms. The summed E-state index contributed by atoms with van der Waals surface area (Å²) in [6.07, 6.45) is 2.33. The number of nitrogens with one attached hydrogen (secondary N) is 2. The maximum atomic E-state index is 11.9. The number of carbonyl (C=O) groups is 2. The lowest BCUT2D eigenvalue weighted by molar-refractivity contribution is -0.385. The van der Waals surface area contributed by atoms with E-state index in [9.17, 15) is 19.7 Å². The van der Waals surface area contributed by atoms with Gasteiger partial charge < -0.3 is 13.9 Å². The number of carbonyl (C=O) groups excluding carboxylic acids is 2. The van der Waals surface area contributed by atoms with Crippen LogP contribution in [-0.4, -0.2) is 33.9 Å². The molecule has 2 heterocycles. The fraction of sp³-hybridized carbons (Fsp3) is 0.0588. The first kappa shape index (κ1) is 19.3. The minimum atomic E-state index is -0.764. The Morgan fingerprint density at radius 3 is 2.55 bits per heavy atom. The molecule has 29 heavy (non-hydrogen) atoms. The predicted octanol–water partition coefficient (Wildman–Crippen LogP) is 2.31. The van der Waals surface area contributed by atoms with E-state index in [2.05, 4.69) is 25.6 Å². The van der Waals surface area contributed by atoms with Crippen LogP contribution in [0.3, 0.4) is 0 Å². The second kappa shape index (κ2) is 8.47. The fourth-order valence-corrected chi connectivity index (χ4v) is 2.17. The number of methoxy groups -OCH3 is 1. The number of rotatable bonds is 7. The molecule has 0 aliphatic heterocycles. The zero-order valence-electron chi connectivity index (χ0n) is 14.8. The number of aromatic nitrogens is 2. The van der Waals surface area contributed by atoms with Gasteiger partial charge in [-0.1, -0.05) is 0 Å². The standard InChI is InChI=1S/C17H13N5O7/c1-27-17(24)10-4-6-11(7-5-10)29-16-13(22(25)26)14(18-9-19-16)20-21-15(23)12-3-2-8-28-12/h2-9H,1H3,(H,21,23)(H,18,19,20). The van der Waals surface area contributed by atoms with E-state index in [1.54, 1.807) is 0 Å². The van der Waals surface area contributed by atoms with Gasteiger partial charge in [-0.15, -0.1) is 0 Å². The van der Waals surface area contributed by atoms with Crippen LogP contribution in [0, 0.1) is 10.1 Å². The van der Waals surface area contributed by atoms with Gasteiger partial charge in [0.1, 0.15) is 12.1 Å². The van der Waals surface area contributed by atoms with E-state index >= 15 is 0 Å². The number of ether oxygens (including phenoxy) is 2. The Kier molecular flexibility index (Phi) is 5.64. The highest BCUT2D eigenvalue weighted by molar-refractivity contribution is 5.92. The average Bonchev–Trinajstić information content (AvgIpc) is 3.27. The van der Waals surface area contributed by atoms with E-state index in [0.717, 1.165) is 6.33 Å². The van der Waals surface area contributed by atoms with E-state index in [4.69, 9.17) is 9.15 Å². The number of anilines is 1. The Morgan fingerprint density at radius 1 is 1.17 bits per heavy atom. The number of hydrazine groups is 1. The highest BCUT2D eigenvalue weighted by Gasteiger charge is 2.26. The molecular weight excluding hydrogens is 386 g/mol. The van der Waals surface area contributed by atoms with Crippen LogP contribution in [0.1, 0.15) is 20.9 Å². The number of nitrogens with zero attached hydrogens (tertiary/aromatic N) is 3. The summed E-state index contributed by atoms with van der Waals surface area (Å²) in [6, 6.07) is 8.62. The van der Waals surface area contributed by atoms with Gasteiger partial charge in [-0.25, -0.2) is 9.78 Å². The lowest BCUT2D eigenvalue weighted by Crippen LogP contribution is -2.30. The van der Waals surface area contributed by atoms with Crippen molar-refractivity contribution in [2.45, 2.75) is 0 Å². The van der Waals surface area contributed by atoms with Gasteiger partial charge in [-0.3, -0.25) is 25.8 Å². The molecule has 0 fully saturated rings. The van der Waals surface area contributed by atoms with E-state index in [0.29, 0.717) is 0 Å². The molecule has 12 heteroatoms. The van der Waals surface area contributed by atoms with Crippen molar-refractivity contribution in [3.05, 3.63) is 70.4 Å². The van der Waals surface area contributed by atoms with Gasteiger partial charge in [0.2, 0.25) is 5.82 Å². The number of hydrogen-bond donors (Lipinski definition) is 2. The quantitative estimate of drug-likeness (QED) is 0.343. The normalized spacial score (nSPS) is 10.1. The van der Waals surface area contributed by atoms with Gasteiger partial charge >= 0.3 is 23.4 Å². The molecule has 3 rings (SSSR count). The lowest BCUT2D eigenvalue weighted by Gasteiger charge is -2.10. The van der Waals surface area contributed by atoms with Crippen LogP contribution < -0.4 is 15.6 Å². The van der Waals surface area contributed by atoms with Crippen molar-refractivity contribution in [2.75, 3.05) is 12.5 Å². The number of esters is 1. The van der Waals surface area contributed by atoms with E-state index in [1.807, 2.05) is 0 Å². The van der Waals surface area contributed by atoms with Gasteiger partial charge in [-0.05, 0) is 36.4 Å². The van der Waals surface area contributed by atoms with Crippen LogP contribution in [0.15, 0.2) is 53.4 Å². The predicted molar refractivity (Wildman–Crippen MR) is 96.3 cm³/mol. The third kappa shape index (κ3) is 4.44. The van der Waals surface area contributed by atoms with Crippen LogP contribution in [0.4, 0.5) is 11.5 Å². The molecule has 2 aromatic heterocycles. The van der Waals surface area contributed by atoms with Crippen molar-refractivity contribution in [3.63, 3.8) is 0 Å². The van der Waals surface area contributed by atoms with Crippen molar-refractivity contribution in [1.82, 2.24) is 15.4 Å². The lowest BCUT2D eigenvalue weighted by atomic mass is 10.2. The van der Waals surface area contributed by atoms with Gasteiger partial charge in [0.25, 0.3) is 0 Å². The Hall–Kier alpha value is -4.48. The number of benzene rings is 1. The maximum absolute atomic E-state index is 11.9. The third-order valence-corrected chi connectivity index (χ3v) is 3.50. The summed E-state index contributed by atoms with van der Waals surface area (Å²) in [5.74, 6) is -1.69. The summed E-state index contributed by atoms with van der Waals surface area (Å²) < 4.78 is 15.0. The second-order valence-corrected chi connectivity index (χ2v) is 5.31. The molecule has 0 aliphatic rings. The van der Waals surface area contributed by atoms with E-state index < -0.39 is 22.5 Å². The topological polar surface area (TPSA) is 159 Å². The van der Waals surface area contributed by atoms with Gasteiger partial charge in [0.15, 0.2) is 5.76 Å². The molecule has 12 nitrogen and oxygen atoms in total. The molecule has 0 bridgehead atoms. The van der Waals surface area contributed by atoms with Crippen molar-refractivity contribution >= 4 is 23.4 Å². The molecular formula is C17H13N5O7. The largest absolute Gasteiger partial charge is 0.465 e. The summed E-state index contributed by atoms with van der Waals surface area (Å²) in [7, 11) is 1.25. The first-order valence-corrected chi connectivity index (χ1v) is 7.95. The third-order valence-electron chi connectivity index (χ3n) is 3.50. The van der Waals surface area contributed by atoms with E-state index in [-0.39, 0.29) is 28.8 Å². The molecule has 0 atom stereocenters. The Labute approximate surface area is 162 Å². The smallest absolute Gasteiger partial charge is 0.374 e. The summed E-state index contributed by atoms with van der Waals surface area (Å²) >= 11 is 0. The van der Waals surface area contributed by atoms with Gasteiger partial charge in [0.05, 0.1) is 23.9 Å². The molecule has 0 saturated carbocycles. The maximum Gasteiger partial charge on any atom is 0.374 e. The zero-order valence-corrected chi connectivity index (χ0v) is 14.8. The minimum Gasteiger partial charge on any atom is -0.465 e. The first-order valence-electron chi connectivity index (χ1n) is 7.95. The zero-order chi connectivity index (χ0) is 20.8. The monoisotopic (exact) mass is 399 g/mol. The summed E-state index contributed by atoms with van der Waals surface area (Å²) in [6.45, 7) is 0. The Morgan fingerprint density at radius 2 is 1.93 bits per heavy atom. The second-order valence-electron chi connectivity index (χ2n) is 5.31. The number of furan rings is 1. The molecule has 3 aromatic rings. The van der Waals surface area contributed by atoms with Crippen LogP contribution in [-0.2, 0) is 4.74 Å². The van der Waals surface area contributed by atoms with Gasteiger partial charge in [-0.2, -0.15) is 4.98 Å². The first-order chi connectivity index (χ1) is 14.0. The summed E-state index contributed by atoms with van der Waals surface area (Å²) in [4.78, 5) is 41.6. The SMILES string of the molecule is COC(=O)c1ccc(Oc2ncnc(NNC(=O)c3ccco3)c2[N+](=O)[O-])cc1. The van der Waals surface area contributed by atoms with E-state index in [1.165, 1.54) is 49.8 Å². The van der Waals surface area contributed by atoms with Crippen molar-refractivity contribution < 1.29 is 28.4 Å². The van der Waals surface area contributed by atoms with Crippen LogP contribution in [0.25, 0.3) is 0 Å². The van der Waals surface area contributed by atoms with Crippen LogP contribution >= 0.6 is 0 Å². The molecule has 1 aromatic carbocycles. The summed E-state index contributed by atoms with van der Waals surface area (Å²) in [5, 5.41) is 11.5.